The van der Waals surface area contributed by atoms with Crippen molar-refractivity contribution in [3.8, 4) is 0 Å². The molecule has 1 N–H and O–H groups in total. The van der Waals surface area contributed by atoms with Gasteiger partial charge in [0, 0.05) is 37.3 Å². The second kappa shape index (κ2) is 8.75. The van der Waals surface area contributed by atoms with Gasteiger partial charge in [-0.25, -0.2) is 4.68 Å². The second-order valence-corrected chi connectivity index (χ2v) is 9.37. The molecule has 8 nitrogen and oxygen atoms in total. The molecule has 1 saturated carbocycles. The number of hydrogen-bond acceptors (Lipinski definition) is 6. The Kier molecular flexibility index (Phi) is 5.82. The molecular formula is C24H33N7O. The van der Waals surface area contributed by atoms with Crippen molar-refractivity contribution in [1.29, 1.82) is 0 Å². The fourth-order valence-electron chi connectivity index (χ4n) is 5.32. The predicted molar refractivity (Wildman–Crippen MR) is 125 cm³/mol. The zero-order valence-corrected chi connectivity index (χ0v) is 19.3. The van der Waals surface area contributed by atoms with Gasteiger partial charge in [0.25, 0.3) is 5.56 Å². The molecule has 1 aliphatic carbocycles. The largest absolute Gasteiger partial charge is 0.322 e. The summed E-state index contributed by atoms with van der Waals surface area (Å²) in [5, 5.41) is 14.0. The molecule has 3 heterocycles. The minimum absolute atomic E-state index is 0.0513. The number of rotatable bonds is 5. The van der Waals surface area contributed by atoms with E-state index in [0.717, 1.165) is 67.9 Å². The second-order valence-electron chi connectivity index (χ2n) is 9.37. The molecule has 1 unspecified atom stereocenters. The maximum absolute atomic E-state index is 13.4. The summed E-state index contributed by atoms with van der Waals surface area (Å²) < 4.78 is 2.01. The SMILES string of the molecule is CCN1CCN(C(c2cc3cc(C)c(C)cc3[nH]c2=O)c2nnnn2C2CCCC2)CC1. The third-order valence-corrected chi connectivity index (χ3v) is 7.43. The van der Waals surface area contributed by atoms with Crippen molar-refractivity contribution >= 4 is 10.9 Å². The van der Waals surface area contributed by atoms with Gasteiger partial charge in [-0.3, -0.25) is 9.69 Å². The molecule has 0 radical (unpaired) electrons. The molecule has 1 aromatic carbocycles. The molecule has 170 valence electrons. The van der Waals surface area contributed by atoms with Gasteiger partial charge in [-0.2, -0.15) is 0 Å². The van der Waals surface area contributed by atoms with Gasteiger partial charge >= 0.3 is 0 Å². The van der Waals surface area contributed by atoms with Crippen LogP contribution in [0.25, 0.3) is 10.9 Å². The zero-order valence-electron chi connectivity index (χ0n) is 19.3. The molecule has 0 bridgehead atoms. The highest BCUT2D eigenvalue weighted by Gasteiger charge is 2.34. The number of tetrazole rings is 1. The van der Waals surface area contributed by atoms with E-state index in [1.54, 1.807) is 0 Å². The average Bonchev–Trinajstić information content (AvgIpc) is 3.48. The van der Waals surface area contributed by atoms with E-state index >= 15 is 0 Å². The highest BCUT2D eigenvalue weighted by Crippen LogP contribution is 2.34. The molecule has 8 heteroatoms. The van der Waals surface area contributed by atoms with Crippen LogP contribution in [0.3, 0.4) is 0 Å². The number of benzene rings is 1. The standard InChI is InChI=1S/C24H33N7O/c1-4-29-9-11-30(12-10-29)22(23-26-27-28-31(23)19-7-5-6-8-19)20-15-18-13-16(2)17(3)14-21(18)25-24(20)32/h13-15,19,22H,4-12H2,1-3H3,(H,25,32). The summed E-state index contributed by atoms with van der Waals surface area (Å²) in [6.45, 7) is 11.2. The maximum atomic E-state index is 13.4. The minimum atomic E-state index is -0.251. The number of aryl methyl sites for hydroxylation is 2. The lowest BCUT2D eigenvalue weighted by Crippen LogP contribution is -2.49. The van der Waals surface area contributed by atoms with Crippen molar-refractivity contribution in [2.45, 2.75) is 58.5 Å². The quantitative estimate of drug-likeness (QED) is 0.663. The van der Waals surface area contributed by atoms with Crippen LogP contribution in [0, 0.1) is 13.8 Å². The van der Waals surface area contributed by atoms with Crippen LogP contribution in [0.5, 0.6) is 0 Å². The van der Waals surface area contributed by atoms with Gasteiger partial charge in [0.2, 0.25) is 0 Å². The van der Waals surface area contributed by atoms with Crippen molar-refractivity contribution in [3.63, 3.8) is 0 Å². The number of nitrogens with zero attached hydrogens (tertiary/aromatic N) is 6. The van der Waals surface area contributed by atoms with Crippen LogP contribution in [0.15, 0.2) is 23.0 Å². The summed E-state index contributed by atoms with van der Waals surface area (Å²) in [4.78, 5) is 21.4. The summed E-state index contributed by atoms with van der Waals surface area (Å²) >= 11 is 0. The van der Waals surface area contributed by atoms with Crippen LogP contribution in [0.4, 0.5) is 0 Å². The Balaban J connectivity index is 1.62. The number of H-pyrrole nitrogens is 1. The van der Waals surface area contributed by atoms with Crippen LogP contribution >= 0.6 is 0 Å². The summed E-state index contributed by atoms with van der Waals surface area (Å²) in [6.07, 6.45) is 4.61. The minimum Gasteiger partial charge on any atom is -0.322 e. The first-order chi connectivity index (χ1) is 15.5. The zero-order chi connectivity index (χ0) is 22.2. The molecule has 5 rings (SSSR count). The Bertz CT molecular complexity index is 1150. The van der Waals surface area contributed by atoms with Gasteiger partial charge in [-0.05, 0) is 78.4 Å². The fraction of sp³-hybridized carbons (Fsp3) is 0.583. The smallest absolute Gasteiger partial charge is 0.253 e. The van der Waals surface area contributed by atoms with E-state index in [-0.39, 0.29) is 11.6 Å². The molecule has 32 heavy (non-hydrogen) atoms. The molecule has 2 aliphatic rings. The van der Waals surface area contributed by atoms with Crippen LogP contribution in [0.2, 0.25) is 0 Å². The predicted octanol–water partition coefficient (Wildman–Crippen LogP) is 2.97. The van der Waals surface area contributed by atoms with Gasteiger partial charge in [0.15, 0.2) is 5.82 Å². The topological polar surface area (TPSA) is 82.9 Å². The molecule has 2 aromatic heterocycles. The summed E-state index contributed by atoms with van der Waals surface area (Å²) in [5.41, 5.74) is 3.97. The van der Waals surface area contributed by atoms with Gasteiger partial charge in [-0.15, -0.1) is 5.10 Å². The van der Waals surface area contributed by atoms with Gasteiger partial charge in [-0.1, -0.05) is 19.8 Å². The first kappa shape index (κ1) is 21.3. The fourth-order valence-corrected chi connectivity index (χ4v) is 5.32. The van der Waals surface area contributed by atoms with E-state index in [0.29, 0.717) is 6.04 Å². The molecule has 2 fully saturated rings. The number of pyridine rings is 1. The van der Waals surface area contributed by atoms with Gasteiger partial charge < -0.3 is 9.88 Å². The Labute approximate surface area is 188 Å². The van der Waals surface area contributed by atoms with E-state index in [1.807, 2.05) is 4.68 Å². The van der Waals surface area contributed by atoms with E-state index in [4.69, 9.17) is 0 Å². The monoisotopic (exact) mass is 435 g/mol. The average molecular weight is 436 g/mol. The van der Waals surface area contributed by atoms with Crippen LogP contribution in [0.1, 0.15) is 67.2 Å². The molecule has 1 aliphatic heterocycles. The van der Waals surface area contributed by atoms with Crippen LogP contribution in [-0.2, 0) is 0 Å². The highest BCUT2D eigenvalue weighted by atomic mass is 16.1. The first-order valence-corrected chi connectivity index (χ1v) is 11.9. The van der Waals surface area contributed by atoms with Crippen molar-refractivity contribution in [1.82, 2.24) is 35.0 Å². The number of aromatic amines is 1. The van der Waals surface area contributed by atoms with Crippen LogP contribution in [-0.4, -0.2) is 67.7 Å². The van der Waals surface area contributed by atoms with E-state index < -0.39 is 0 Å². The summed E-state index contributed by atoms with van der Waals surface area (Å²) in [5.74, 6) is 0.801. The molecule has 1 atom stereocenters. The number of piperazine rings is 1. The number of fused-ring (bicyclic) bond motifs is 1. The van der Waals surface area contributed by atoms with E-state index in [1.165, 1.54) is 24.0 Å². The van der Waals surface area contributed by atoms with Crippen molar-refractivity contribution < 1.29 is 0 Å². The molecule has 3 aromatic rings. The lowest BCUT2D eigenvalue weighted by atomic mass is 10.00. The normalized spacial score (nSPS) is 19.7. The van der Waals surface area contributed by atoms with Crippen LogP contribution < -0.4 is 5.56 Å². The first-order valence-electron chi connectivity index (χ1n) is 11.9. The molecule has 0 spiro atoms. The van der Waals surface area contributed by atoms with E-state index in [2.05, 4.69) is 69.3 Å². The third kappa shape index (κ3) is 3.86. The van der Waals surface area contributed by atoms with Crippen molar-refractivity contribution in [2.24, 2.45) is 0 Å². The molecular weight excluding hydrogens is 402 g/mol. The molecule has 0 amide bonds. The Morgan fingerprint density at radius 3 is 2.50 bits per heavy atom. The van der Waals surface area contributed by atoms with Crippen molar-refractivity contribution in [2.75, 3.05) is 32.7 Å². The maximum Gasteiger partial charge on any atom is 0.253 e. The van der Waals surface area contributed by atoms with Crippen molar-refractivity contribution in [3.05, 3.63) is 51.1 Å². The summed E-state index contributed by atoms with van der Waals surface area (Å²) in [7, 11) is 0. The summed E-state index contributed by atoms with van der Waals surface area (Å²) in [6, 6.07) is 6.36. The number of likely N-dealkylation sites (N-methyl/N-ethyl adjacent to an activating group) is 1. The van der Waals surface area contributed by atoms with Gasteiger partial charge in [0.1, 0.15) is 6.04 Å². The number of nitrogens with one attached hydrogen (secondary N) is 1. The molecule has 1 saturated heterocycles. The number of aromatic nitrogens is 5. The van der Waals surface area contributed by atoms with Gasteiger partial charge in [0.05, 0.1) is 6.04 Å². The lowest BCUT2D eigenvalue weighted by Gasteiger charge is -2.38. The van der Waals surface area contributed by atoms with E-state index in [9.17, 15) is 4.79 Å². The Morgan fingerprint density at radius 2 is 1.78 bits per heavy atom. The third-order valence-electron chi connectivity index (χ3n) is 7.43. The highest BCUT2D eigenvalue weighted by molar-refractivity contribution is 5.81. The Morgan fingerprint density at radius 1 is 1.06 bits per heavy atom. The number of hydrogen-bond donors (Lipinski definition) is 1. The Hall–Kier alpha value is -2.58. The lowest BCUT2D eigenvalue weighted by molar-refractivity contribution is 0.107.